The van der Waals surface area contributed by atoms with Crippen LogP contribution in [0.15, 0.2) is 35.4 Å². The summed E-state index contributed by atoms with van der Waals surface area (Å²) in [5.41, 5.74) is 2.52. The second-order valence-corrected chi connectivity index (χ2v) is 7.00. The molecule has 0 unspecified atom stereocenters. The molecule has 0 saturated heterocycles. The molecule has 144 valence electrons. The second-order valence-electron chi connectivity index (χ2n) is 6.61. The molecule has 0 aliphatic rings. The van der Waals surface area contributed by atoms with Crippen molar-refractivity contribution in [3.05, 3.63) is 51.7 Å². The first kappa shape index (κ1) is 19.2. The Bertz CT molecular complexity index is 1070. The molecule has 1 aromatic carbocycles. The minimum absolute atomic E-state index is 0. The van der Waals surface area contributed by atoms with Gasteiger partial charge in [0.1, 0.15) is 16.7 Å². The van der Waals surface area contributed by atoms with Gasteiger partial charge in [0.05, 0.1) is 19.6 Å². The van der Waals surface area contributed by atoms with Crippen molar-refractivity contribution in [2.24, 2.45) is 7.05 Å². The van der Waals surface area contributed by atoms with Crippen LogP contribution in [0.25, 0.3) is 21.9 Å². The van der Waals surface area contributed by atoms with Crippen LogP contribution in [-0.2, 0) is 13.6 Å². The third-order valence-corrected chi connectivity index (χ3v) is 4.62. The molecule has 3 aromatic rings. The summed E-state index contributed by atoms with van der Waals surface area (Å²) in [4.78, 5) is 18.6. The van der Waals surface area contributed by atoms with E-state index in [-0.39, 0.29) is 6.99 Å². The molecule has 0 saturated carbocycles. The van der Waals surface area contributed by atoms with Crippen LogP contribution < -0.4 is 15.0 Å². The average Bonchev–Trinajstić information content (AvgIpc) is 2.64. The quantitative estimate of drug-likeness (QED) is 0.624. The van der Waals surface area contributed by atoms with Crippen molar-refractivity contribution < 1.29 is 10.9 Å². The number of benzene rings is 1. The maximum atomic E-state index is 12.5. The number of nitrogens with zero attached hydrogens (tertiary/aromatic N) is 3. The molecule has 2 heterocycles. The van der Waals surface area contributed by atoms with Crippen LogP contribution in [0.3, 0.4) is 0 Å². The van der Waals surface area contributed by atoms with Crippen molar-refractivity contribution in [1.82, 2.24) is 14.5 Å². The lowest BCUT2D eigenvalue weighted by atomic mass is 9.98. The highest BCUT2D eigenvalue weighted by Crippen LogP contribution is 2.39. The molecule has 0 amide bonds. The summed E-state index contributed by atoms with van der Waals surface area (Å²) < 4.78 is 12.8. The first-order chi connectivity index (χ1) is 12.8. The van der Waals surface area contributed by atoms with Gasteiger partial charge in [-0.3, -0.25) is 4.79 Å². The molecule has 27 heavy (non-hydrogen) atoms. The molecule has 2 aromatic heterocycles. The SMILES string of the molecule is COc1cc(-c2cn(C)c(=O)c3cnc(Cl)cc23)c(OC)cc1CN(C)C.[HH]. The lowest BCUT2D eigenvalue weighted by Gasteiger charge is -2.19. The minimum Gasteiger partial charge on any atom is -0.496 e. The summed E-state index contributed by atoms with van der Waals surface area (Å²) in [6.45, 7) is 0.712. The van der Waals surface area contributed by atoms with Crippen molar-refractivity contribution in [2.45, 2.75) is 6.54 Å². The van der Waals surface area contributed by atoms with Crippen LogP contribution in [-0.4, -0.2) is 42.8 Å². The fourth-order valence-corrected chi connectivity index (χ4v) is 3.34. The summed E-state index contributed by atoms with van der Waals surface area (Å²) in [5, 5.41) is 1.55. The van der Waals surface area contributed by atoms with E-state index in [1.165, 1.54) is 10.8 Å². The highest BCUT2D eigenvalue weighted by Gasteiger charge is 2.17. The monoisotopic (exact) mass is 389 g/mol. The zero-order chi connectivity index (χ0) is 19.7. The van der Waals surface area contributed by atoms with Gasteiger partial charge in [0.15, 0.2) is 0 Å². The summed E-state index contributed by atoms with van der Waals surface area (Å²) in [6.07, 6.45) is 3.29. The second kappa shape index (κ2) is 7.58. The van der Waals surface area contributed by atoms with Crippen molar-refractivity contribution in [3.63, 3.8) is 0 Å². The molecule has 0 N–H and O–H groups in total. The van der Waals surface area contributed by atoms with Gasteiger partial charge < -0.3 is 18.9 Å². The fourth-order valence-electron chi connectivity index (χ4n) is 3.19. The third kappa shape index (κ3) is 3.63. The number of ether oxygens (including phenoxy) is 2. The van der Waals surface area contributed by atoms with Gasteiger partial charge in [-0.05, 0) is 32.3 Å². The smallest absolute Gasteiger partial charge is 0.259 e. The number of methoxy groups -OCH3 is 2. The van der Waals surface area contributed by atoms with Gasteiger partial charge in [-0.2, -0.15) is 0 Å². The normalized spacial score (nSPS) is 11.2. The Morgan fingerprint density at radius 3 is 2.44 bits per heavy atom. The Morgan fingerprint density at radius 2 is 1.81 bits per heavy atom. The number of rotatable bonds is 5. The summed E-state index contributed by atoms with van der Waals surface area (Å²) in [5.74, 6) is 1.45. The van der Waals surface area contributed by atoms with Crippen LogP contribution in [0.1, 0.15) is 6.99 Å². The highest BCUT2D eigenvalue weighted by molar-refractivity contribution is 6.30. The predicted molar refractivity (Wildman–Crippen MR) is 110 cm³/mol. The van der Waals surface area contributed by atoms with Gasteiger partial charge in [-0.1, -0.05) is 11.6 Å². The summed E-state index contributed by atoms with van der Waals surface area (Å²) in [7, 11) is 8.97. The lowest BCUT2D eigenvalue weighted by Crippen LogP contribution is -2.17. The first-order valence-electron chi connectivity index (χ1n) is 8.40. The molecule has 0 atom stereocenters. The van der Waals surface area contributed by atoms with Gasteiger partial charge in [-0.15, -0.1) is 0 Å². The van der Waals surface area contributed by atoms with Crippen LogP contribution in [0, 0.1) is 0 Å². The molecule has 0 aliphatic heterocycles. The zero-order valence-corrected chi connectivity index (χ0v) is 16.8. The number of aromatic nitrogens is 2. The number of pyridine rings is 2. The van der Waals surface area contributed by atoms with Gasteiger partial charge in [0.25, 0.3) is 5.56 Å². The predicted octanol–water partition coefficient (Wildman–Crippen LogP) is 3.58. The van der Waals surface area contributed by atoms with Crippen LogP contribution in [0.5, 0.6) is 11.5 Å². The molecule has 0 aliphatic carbocycles. The molecule has 0 spiro atoms. The zero-order valence-electron chi connectivity index (χ0n) is 16.0. The van der Waals surface area contributed by atoms with E-state index >= 15 is 0 Å². The van der Waals surface area contributed by atoms with E-state index in [4.69, 9.17) is 21.1 Å². The molecular weight excluding hydrogens is 366 g/mol. The molecular formula is C20H24ClN3O3. The number of aryl methyl sites for hydroxylation is 1. The molecule has 7 heteroatoms. The largest absolute Gasteiger partial charge is 0.496 e. The summed E-state index contributed by atoms with van der Waals surface area (Å²) in [6, 6.07) is 5.60. The van der Waals surface area contributed by atoms with E-state index in [1.54, 1.807) is 33.5 Å². The Morgan fingerprint density at radius 1 is 1.11 bits per heavy atom. The van der Waals surface area contributed by atoms with Gasteiger partial charge in [0.2, 0.25) is 0 Å². The van der Waals surface area contributed by atoms with E-state index in [9.17, 15) is 4.79 Å². The Labute approximate surface area is 164 Å². The topological polar surface area (TPSA) is 56.6 Å². The van der Waals surface area contributed by atoms with E-state index in [0.717, 1.165) is 27.8 Å². The fraction of sp³-hybridized carbons (Fsp3) is 0.300. The number of fused-ring (bicyclic) bond motifs is 1. The lowest BCUT2D eigenvalue weighted by molar-refractivity contribution is 0.367. The van der Waals surface area contributed by atoms with Crippen molar-refractivity contribution in [1.29, 1.82) is 0 Å². The van der Waals surface area contributed by atoms with Gasteiger partial charge in [0, 0.05) is 49.5 Å². The van der Waals surface area contributed by atoms with Gasteiger partial charge in [-0.25, -0.2) is 4.98 Å². The maximum Gasteiger partial charge on any atom is 0.259 e. The molecule has 0 fully saturated rings. The number of hydrogen-bond acceptors (Lipinski definition) is 5. The Balaban J connectivity index is 0.00000280. The van der Waals surface area contributed by atoms with Crippen molar-refractivity contribution in [2.75, 3.05) is 28.3 Å². The summed E-state index contributed by atoms with van der Waals surface area (Å²) >= 11 is 6.10. The van der Waals surface area contributed by atoms with E-state index in [2.05, 4.69) is 9.88 Å². The van der Waals surface area contributed by atoms with Crippen molar-refractivity contribution >= 4 is 22.4 Å². The van der Waals surface area contributed by atoms with Crippen LogP contribution in [0.2, 0.25) is 5.15 Å². The molecule has 0 radical (unpaired) electrons. The van der Waals surface area contributed by atoms with Gasteiger partial charge >= 0.3 is 0 Å². The van der Waals surface area contributed by atoms with Crippen molar-refractivity contribution in [3.8, 4) is 22.6 Å². The number of hydrogen-bond donors (Lipinski definition) is 0. The van der Waals surface area contributed by atoms with E-state index in [0.29, 0.717) is 22.8 Å². The van der Waals surface area contributed by atoms with E-state index in [1.807, 2.05) is 26.2 Å². The Kier molecular flexibility index (Phi) is 5.39. The highest BCUT2D eigenvalue weighted by atomic mass is 35.5. The Hall–Kier alpha value is -2.57. The third-order valence-electron chi connectivity index (χ3n) is 4.41. The van der Waals surface area contributed by atoms with E-state index < -0.39 is 0 Å². The average molecular weight is 390 g/mol. The first-order valence-corrected chi connectivity index (χ1v) is 8.78. The molecule has 0 bridgehead atoms. The number of halogens is 1. The van der Waals surface area contributed by atoms with Crippen LogP contribution >= 0.6 is 11.6 Å². The minimum atomic E-state index is -0.131. The molecule has 6 nitrogen and oxygen atoms in total. The molecule has 3 rings (SSSR count). The maximum absolute atomic E-state index is 12.5. The van der Waals surface area contributed by atoms with Crippen LogP contribution in [0.4, 0.5) is 0 Å². The standard InChI is InChI=1S/C20H22ClN3O3.H2/c1-23(2)10-12-6-18(27-5)14(7-17(12)26-4)16-11-24(3)20(25)15-9-22-19(21)8-13(15)16;/h6-9,11H,10H2,1-5H3;1H.